The third-order valence-electron chi connectivity index (χ3n) is 3.87. The molecule has 6 nitrogen and oxygen atoms in total. The molecule has 0 saturated heterocycles. The zero-order valence-electron chi connectivity index (χ0n) is 16.0. The van der Waals surface area contributed by atoms with Crippen molar-refractivity contribution < 1.29 is 4.79 Å². The smallest absolute Gasteiger partial charge is 0.243 e. The number of benzene rings is 1. The summed E-state index contributed by atoms with van der Waals surface area (Å²) in [5.41, 5.74) is 1.26. The van der Waals surface area contributed by atoms with E-state index in [1.54, 1.807) is 30.3 Å². The number of aliphatic imine (C=N–C) groups is 1. The van der Waals surface area contributed by atoms with Crippen LogP contribution in [0.25, 0.3) is 0 Å². The minimum Gasteiger partial charge on any atom is -0.356 e. The monoisotopic (exact) mass is 501 g/mol. The second-order valence-corrected chi connectivity index (χ2v) is 7.19. The molecule has 8 heteroatoms. The summed E-state index contributed by atoms with van der Waals surface area (Å²) >= 11 is 1.65. The maximum absolute atomic E-state index is 11.8. The summed E-state index contributed by atoms with van der Waals surface area (Å²) in [6, 6.07) is 10.3. The average Bonchev–Trinajstić information content (AvgIpc) is 3.18. The number of likely N-dealkylation sites (N-methyl/N-ethyl adjacent to an activating group) is 1. The number of hydrogen-bond donors (Lipinski definition) is 2. The fraction of sp³-hybridized carbons (Fsp3) is 0.421. The van der Waals surface area contributed by atoms with Crippen molar-refractivity contribution in [2.75, 3.05) is 33.7 Å². The van der Waals surface area contributed by atoms with E-state index >= 15 is 0 Å². The van der Waals surface area contributed by atoms with Gasteiger partial charge in [0.1, 0.15) is 6.54 Å². The summed E-state index contributed by atoms with van der Waals surface area (Å²) in [6.07, 6.45) is 2.71. The Morgan fingerprint density at radius 2 is 2.00 bits per heavy atom. The van der Waals surface area contributed by atoms with Crippen LogP contribution in [0.2, 0.25) is 0 Å². The van der Waals surface area contributed by atoms with Crippen molar-refractivity contribution in [2.24, 2.45) is 4.99 Å². The molecule has 1 amide bonds. The molecule has 2 rings (SSSR count). The first-order valence-electron chi connectivity index (χ1n) is 8.72. The molecule has 0 saturated carbocycles. The van der Waals surface area contributed by atoms with Crippen LogP contribution in [0.4, 0.5) is 0 Å². The first-order valence-corrected chi connectivity index (χ1v) is 9.60. The highest BCUT2D eigenvalue weighted by molar-refractivity contribution is 14.0. The van der Waals surface area contributed by atoms with Gasteiger partial charge in [-0.05, 0) is 12.0 Å². The molecule has 27 heavy (non-hydrogen) atoms. The van der Waals surface area contributed by atoms with Crippen LogP contribution in [-0.2, 0) is 11.2 Å². The second kappa shape index (κ2) is 12.7. The van der Waals surface area contributed by atoms with Crippen LogP contribution < -0.4 is 10.6 Å². The van der Waals surface area contributed by atoms with Gasteiger partial charge >= 0.3 is 0 Å². The molecule has 0 radical (unpaired) electrons. The van der Waals surface area contributed by atoms with Crippen molar-refractivity contribution in [1.29, 1.82) is 0 Å². The van der Waals surface area contributed by atoms with Gasteiger partial charge in [-0.1, -0.05) is 37.3 Å². The van der Waals surface area contributed by atoms with Crippen LogP contribution >= 0.6 is 35.3 Å². The molecule has 1 heterocycles. The lowest BCUT2D eigenvalue weighted by Crippen LogP contribution is -2.41. The molecular formula is C19H28IN5OS. The third-order valence-corrected chi connectivity index (χ3v) is 4.88. The Bertz CT molecular complexity index is 691. The largest absolute Gasteiger partial charge is 0.356 e. The Morgan fingerprint density at radius 1 is 1.26 bits per heavy atom. The highest BCUT2D eigenvalue weighted by Gasteiger charge is 2.10. The fourth-order valence-electron chi connectivity index (χ4n) is 2.25. The molecule has 1 atom stereocenters. The third kappa shape index (κ3) is 8.70. The molecule has 1 aromatic heterocycles. The van der Waals surface area contributed by atoms with Crippen LogP contribution in [0.15, 0.2) is 46.9 Å². The Balaban J connectivity index is 0.00000364. The summed E-state index contributed by atoms with van der Waals surface area (Å²) in [6.45, 7) is 3.70. The van der Waals surface area contributed by atoms with E-state index in [1.165, 1.54) is 5.56 Å². The van der Waals surface area contributed by atoms with E-state index in [0.717, 1.165) is 18.0 Å². The highest BCUT2D eigenvalue weighted by atomic mass is 127. The van der Waals surface area contributed by atoms with E-state index in [2.05, 4.69) is 39.7 Å². The van der Waals surface area contributed by atoms with E-state index in [1.807, 2.05) is 29.8 Å². The molecule has 0 fully saturated rings. The molecule has 0 aliphatic carbocycles. The van der Waals surface area contributed by atoms with Crippen LogP contribution in [0.3, 0.4) is 0 Å². The number of hydrogen-bond acceptors (Lipinski definition) is 4. The lowest BCUT2D eigenvalue weighted by molar-refractivity contribution is -0.127. The van der Waals surface area contributed by atoms with Crippen LogP contribution in [0.1, 0.15) is 23.4 Å². The average molecular weight is 501 g/mol. The van der Waals surface area contributed by atoms with E-state index in [9.17, 15) is 4.79 Å². The molecule has 0 bridgehead atoms. The molecule has 2 aromatic rings. The molecule has 1 unspecified atom stereocenters. The summed E-state index contributed by atoms with van der Waals surface area (Å²) in [7, 11) is 3.47. The number of nitrogens with zero attached hydrogens (tertiary/aromatic N) is 3. The van der Waals surface area contributed by atoms with Crippen molar-refractivity contribution in [3.63, 3.8) is 0 Å². The Morgan fingerprint density at radius 3 is 2.63 bits per heavy atom. The molecule has 0 spiro atoms. The molecule has 2 N–H and O–H groups in total. The van der Waals surface area contributed by atoms with Gasteiger partial charge in [0.25, 0.3) is 0 Å². The molecule has 148 valence electrons. The standard InChI is InChI=1S/C19H27N5OS.HI/c1-15(18-20-11-12-26-18)13-22-19(23-14-17(25)24(2)3)21-10-9-16-7-5-4-6-8-16;/h4-8,11-12,15H,9-10,13-14H2,1-3H3,(H2,21,22,23);1H. The number of rotatable bonds is 8. The predicted molar refractivity (Wildman–Crippen MR) is 123 cm³/mol. The maximum atomic E-state index is 11.8. The van der Waals surface area contributed by atoms with Crippen molar-refractivity contribution in [3.05, 3.63) is 52.5 Å². The van der Waals surface area contributed by atoms with Gasteiger partial charge in [0.2, 0.25) is 5.91 Å². The summed E-state index contributed by atoms with van der Waals surface area (Å²) < 4.78 is 0. The van der Waals surface area contributed by atoms with E-state index in [0.29, 0.717) is 12.5 Å². The van der Waals surface area contributed by atoms with Gasteiger partial charge in [-0.15, -0.1) is 35.3 Å². The number of aromatic nitrogens is 1. The normalized spacial score (nSPS) is 12.0. The maximum Gasteiger partial charge on any atom is 0.243 e. The lowest BCUT2D eigenvalue weighted by atomic mass is 10.1. The Kier molecular flexibility index (Phi) is 11.0. The van der Waals surface area contributed by atoms with E-state index in [4.69, 9.17) is 0 Å². The number of carbonyl (C=O) groups is 1. The molecular weight excluding hydrogens is 473 g/mol. The van der Waals surface area contributed by atoms with Crippen LogP contribution in [-0.4, -0.2) is 55.5 Å². The number of thiazole rings is 1. The second-order valence-electron chi connectivity index (χ2n) is 6.27. The summed E-state index contributed by atoms with van der Waals surface area (Å²) in [5, 5.41) is 9.71. The Labute approximate surface area is 182 Å². The Hall–Kier alpha value is -1.68. The fourth-order valence-corrected chi connectivity index (χ4v) is 2.95. The molecule has 1 aromatic carbocycles. The summed E-state index contributed by atoms with van der Waals surface area (Å²) in [5.74, 6) is 0.905. The minimum atomic E-state index is -0.0258. The number of guanidine groups is 1. The molecule has 0 aliphatic rings. The van der Waals surface area contributed by atoms with Gasteiger partial charge in [0.15, 0.2) is 5.96 Å². The van der Waals surface area contributed by atoms with Gasteiger partial charge in [0, 0.05) is 44.7 Å². The highest BCUT2D eigenvalue weighted by Crippen LogP contribution is 2.16. The summed E-state index contributed by atoms with van der Waals surface area (Å²) in [4.78, 5) is 22.1. The predicted octanol–water partition coefficient (Wildman–Crippen LogP) is 2.73. The SMILES string of the molecule is CC(CNC(=NCC(=O)N(C)C)NCCc1ccccc1)c1nccs1.I. The van der Waals surface area contributed by atoms with Gasteiger partial charge in [-0.3, -0.25) is 4.79 Å². The van der Waals surface area contributed by atoms with E-state index < -0.39 is 0 Å². The van der Waals surface area contributed by atoms with Crippen molar-refractivity contribution >= 4 is 47.2 Å². The number of nitrogens with one attached hydrogen (secondary N) is 2. The quantitative estimate of drug-likeness (QED) is 0.332. The first kappa shape index (κ1) is 23.4. The van der Waals surface area contributed by atoms with Gasteiger partial charge in [0.05, 0.1) is 5.01 Å². The number of amides is 1. The zero-order chi connectivity index (χ0) is 18.8. The van der Waals surface area contributed by atoms with Gasteiger partial charge in [-0.2, -0.15) is 0 Å². The molecule has 0 aliphatic heterocycles. The van der Waals surface area contributed by atoms with Crippen LogP contribution in [0, 0.1) is 0 Å². The minimum absolute atomic E-state index is 0. The van der Waals surface area contributed by atoms with Gasteiger partial charge in [-0.25, -0.2) is 9.98 Å². The van der Waals surface area contributed by atoms with E-state index in [-0.39, 0.29) is 42.3 Å². The van der Waals surface area contributed by atoms with Crippen LogP contribution in [0.5, 0.6) is 0 Å². The zero-order valence-corrected chi connectivity index (χ0v) is 19.2. The number of halogens is 1. The van der Waals surface area contributed by atoms with Gasteiger partial charge < -0.3 is 15.5 Å². The van der Waals surface area contributed by atoms with Crippen molar-refractivity contribution in [2.45, 2.75) is 19.3 Å². The lowest BCUT2D eigenvalue weighted by Gasteiger charge is -2.16. The first-order chi connectivity index (χ1) is 12.6. The van der Waals surface area contributed by atoms with Crippen molar-refractivity contribution in [1.82, 2.24) is 20.5 Å². The number of carbonyl (C=O) groups excluding carboxylic acids is 1. The topological polar surface area (TPSA) is 69.6 Å². The van der Waals surface area contributed by atoms with Crippen molar-refractivity contribution in [3.8, 4) is 0 Å².